The number of rotatable bonds is 7. The predicted molar refractivity (Wildman–Crippen MR) is 117 cm³/mol. The molecular weight excluding hydrogens is 487 g/mol. The van der Waals surface area contributed by atoms with Crippen LogP contribution in [0.4, 0.5) is 18.9 Å². The van der Waals surface area contributed by atoms with Gasteiger partial charge in [-0.2, -0.15) is 18.3 Å². The Balaban J connectivity index is 1.96. The van der Waals surface area contributed by atoms with Gasteiger partial charge >= 0.3 is 6.18 Å². The summed E-state index contributed by atoms with van der Waals surface area (Å²) in [6.45, 7) is -0.808. The van der Waals surface area contributed by atoms with Crippen LogP contribution in [0.15, 0.2) is 76.0 Å². The SMILES string of the molecule is O=C(CN(c1ccc(Cl)c(C(F)(F)F)c1)S(=O)(=O)c1ccccc1)N/N=C/c1cccs1. The van der Waals surface area contributed by atoms with Gasteiger partial charge in [0.15, 0.2) is 0 Å². The number of thiophene rings is 1. The van der Waals surface area contributed by atoms with E-state index in [9.17, 15) is 26.4 Å². The number of halogens is 4. The van der Waals surface area contributed by atoms with Gasteiger partial charge in [-0.15, -0.1) is 11.3 Å². The van der Waals surface area contributed by atoms with Gasteiger partial charge in [0.05, 0.1) is 27.4 Å². The number of hydrogen-bond acceptors (Lipinski definition) is 5. The first-order valence-corrected chi connectivity index (χ1v) is 11.6. The lowest BCUT2D eigenvalue weighted by Crippen LogP contribution is -2.39. The lowest BCUT2D eigenvalue weighted by molar-refractivity contribution is -0.137. The molecular formula is C20H15ClF3N3O3S2. The van der Waals surface area contributed by atoms with Crippen molar-refractivity contribution in [3.63, 3.8) is 0 Å². The second kappa shape index (κ2) is 9.72. The Labute approximate surface area is 191 Å². The molecule has 168 valence electrons. The second-order valence-corrected chi connectivity index (χ2v) is 9.54. The van der Waals surface area contributed by atoms with Crippen LogP contribution in [0.1, 0.15) is 10.4 Å². The highest BCUT2D eigenvalue weighted by Crippen LogP contribution is 2.37. The van der Waals surface area contributed by atoms with Gasteiger partial charge in [-0.3, -0.25) is 9.10 Å². The minimum atomic E-state index is -4.82. The summed E-state index contributed by atoms with van der Waals surface area (Å²) in [5.74, 6) is -0.846. The minimum Gasteiger partial charge on any atom is -0.271 e. The van der Waals surface area contributed by atoms with Crippen molar-refractivity contribution in [2.75, 3.05) is 10.8 Å². The molecule has 32 heavy (non-hydrogen) atoms. The summed E-state index contributed by atoms with van der Waals surface area (Å²) in [7, 11) is -4.38. The summed E-state index contributed by atoms with van der Waals surface area (Å²) in [6, 6.07) is 13.2. The third-order valence-corrected chi connectivity index (χ3v) is 7.01. The van der Waals surface area contributed by atoms with Crippen molar-refractivity contribution >= 4 is 50.8 Å². The number of nitrogens with one attached hydrogen (secondary N) is 1. The Kier molecular flexibility index (Phi) is 7.22. The lowest BCUT2D eigenvalue weighted by atomic mass is 10.2. The van der Waals surface area contributed by atoms with E-state index in [2.05, 4.69) is 10.5 Å². The van der Waals surface area contributed by atoms with Gasteiger partial charge in [0.25, 0.3) is 15.9 Å². The first kappa shape index (κ1) is 23.8. The van der Waals surface area contributed by atoms with Crippen LogP contribution in [-0.2, 0) is 21.0 Å². The van der Waals surface area contributed by atoms with Gasteiger partial charge in [0, 0.05) is 4.88 Å². The third kappa shape index (κ3) is 5.67. The van der Waals surface area contributed by atoms with Gasteiger partial charge in [-0.05, 0) is 41.8 Å². The van der Waals surface area contributed by atoms with Crippen LogP contribution in [0, 0.1) is 0 Å². The summed E-state index contributed by atoms with van der Waals surface area (Å²) >= 11 is 7.02. The molecule has 0 spiro atoms. The molecule has 6 nitrogen and oxygen atoms in total. The smallest absolute Gasteiger partial charge is 0.271 e. The molecule has 0 radical (unpaired) electrons. The zero-order valence-corrected chi connectivity index (χ0v) is 18.5. The van der Waals surface area contributed by atoms with Crippen molar-refractivity contribution in [2.24, 2.45) is 5.10 Å². The summed E-state index contributed by atoms with van der Waals surface area (Å²) in [4.78, 5) is 13.0. The number of sulfonamides is 1. The van der Waals surface area contributed by atoms with E-state index in [1.165, 1.54) is 41.8 Å². The van der Waals surface area contributed by atoms with Crippen LogP contribution in [0.2, 0.25) is 5.02 Å². The molecule has 1 heterocycles. The zero-order valence-electron chi connectivity index (χ0n) is 16.1. The summed E-state index contributed by atoms with van der Waals surface area (Å²) in [6.07, 6.45) is -3.45. The van der Waals surface area contributed by atoms with Crippen molar-refractivity contribution in [1.82, 2.24) is 5.43 Å². The van der Waals surface area contributed by atoms with Crippen LogP contribution < -0.4 is 9.73 Å². The average Bonchev–Trinajstić information content (AvgIpc) is 3.26. The van der Waals surface area contributed by atoms with Crippen LogP contribution >= 0.6 is 22.9 Å². The molecule has 2 aromatic carbocycles. The highest BCUT2D eigenvalue weighted by molar-refractivity contribution is 7.92. The van der Waals surface area contributed by atoms with E-state index in [1.807, 2.05) is 0 Å². The number of hydrogen-bond donors (Lipinski definition) is 1. The molecule has 1 aromatic heterocycles. The maximum Gasteiger partial charge on any atom is 0.417 e. The van der Waals surface area contributed by atoms with Crippen LogP contribution in [-0.4, -0.2) is 27.1 Å². The summed E-state index contributed by atoms with van der Waals surface area (Å²) in [5.41, 5.74) is 0.590. The highest BCUT2D eigenvalue weighted by Gasteiger charge is 2.35. The fraction of sp³-hybridized carbons (Fsp3) is 0.100. The Morgan fingerprint density at radius 2 is 1.84 bits per heavy atom. The Bertz CT molecular complexity index is 1220. The van der Waals surface area contributed by atoms with E-state index in [4.69, 9.17) is 11.6 Å². The molecule has 3 rings (SSSR count). The number of amides is 1. The quantitative estimate of drug-likeness (QED) is 0.374. The molecule has 0 fully saturated rings. The van der Waals surface area contributed by atoms with Gasteiger partial charge in [-0.25, -0.2) is 13.8 Å². The first-order chi connectivity index (χ1) is 15.1. The van der Waals surface area contributed by atoms with E-state index >= 15 is 0 Å². The van der Waals surface area contributed by atoms with Gasteiger partial charge in [0.1, 0.15) is 6.54 Å². The maximum absolute atomic E-state index is 13.3. The van der Waals surface area contributed by atoms with E-state index in [1.54, 1.807) is 23.6 Å². The van der Waals surface area contributed by atoms with Crippen molar-refractivity contribution in [3.05, 3.63) is 81.5 Å². The molecule has 3 aromatic rings. The molecule has 0 atom stereocenters. The number of carbonyl (C=O) groups is 1. The number of carbonyl (C=O) groups excluding carboxylic acids is 1. The van der Waals surface area contributed by atoms with Crippen LogP contribution in [0.3, 0.4) is 0 Å². The molecule has 0 saturated heterocycles. The monoisotopic (exact) mass is 501 g/mol. The average molecular weight is 502 g/mol. The maximum atomic E-state index is 13.3. The topological polar surface area (TPSA) is 78.8 Å². The van der Waals surface area contributed by atoms with E-state index in [0.717, 1.165) is 17.0 Å². The lowest BCUT2D eigenvalue weighted by Gasteiger charge is -2.24. The first-order valence-electron chi connectivity index (χ1n) is 8.89. The molecule has 0 bridgehead atoms. The summed E-state index contributed by atoms with van der Waals surface area (Å²) < 4.78 is 66.9. The van der Waals surface area contributed by atoms with Crippen LogP contribution in [0.25, 0.3) is 0 Å². The Hall–Kier alpha value is -2.89. The molecule has 0 aliphatic rings. The number of benzene rings is 2. The predicted octanol–water partition coefficient (Wildman–Crippen LogP) is 4.77. The largest absolute Gasteiger partial charge is 0.417 e. The molecule has 12 heteroatoms. The molecule has 1 amide bonds. The number of anilines is 1. The number of alkyl halides is 3. The molecule has 0 aliphatic carbocycles. The van der Waals surface area contributed by atoms with Crippen LogP contribution in [0.5, 0.6) is 0 Å². The fourth-order valence-electron chi connectivity index (χ4n) is 2.62. The van der Waals surface area contributed by atoms with Crippen molar-refractivity contribution in [2.45, 2.75) is 11.1 Å². The molecule has 0 unspecified atom stereocenters. The molecule has 0 aliphatic heterocycles. The Morgan fingerprint density at radius 3 is 2.47 bits per heavy atom. The third-order valence-electron chi connectivity index (χ3n) is 4.09. The van der Waals surface area contributed by atoms with Gasteiger partial charge in [0.2, 0.25) is 0 Å². The number of nitrogens with zero attached hydrogens (tertiary/aromatic N) is 2. The summed E-state index contributed by atoms with van der Waals surface area (Å²) in [5, 5.41) is 4.96. The fourth-order valence-corrected chi connectivity index (χ4v) is 4.86. The van der Waals surface area contributed by atoms with E-state index < -0.39 is 39.2 Å². The second-order valence-electron chi connectivity index (χ2n) is 6.30. The molecule has 0 saturated carbocycles. The minimum absolute atomic E-state index is 0.196. The highest BCUT2D eigenvalue weighted by atomic mass is 35.5. The standard InChI is InChI=1S/C20H15ClF3N3O3S2/c21-18-9-8-14(11-17(18)20(22,23)24)27(32(29,30)16-6-2-1-3-7-16)13-19(28)26-25-12-15-5-4-10-31-15/h1-12H,13H2,(H,26,28)/b25-12+. The van der Waals surface area contributed by atoms with Crippen molar-refractivity contribution in [3.8, 4) is 0 Å². The normalized spacial score (nSPS) is 12.1. The van der Waals surface area contributed by atoms with Crippen molar-refractivity contribution < 1.29 is 26.4 Å². The van der Waals surface area contributed by atoms with Gasteiger partial charge in [-0.1, -0.05) is 35.9 Å². The van der Waals surface area contributed by atoms with E-state index in [-0.39, 0.29) is 10.6 Å². The molecule has 1 N–H and O–H groups in total. The van der Waals surface area contributed by atoms with Crippen molar-refractivity contribution in [1.29, 1.82) is 0 Å². The Morgan fingerprint density at radius 1 is 1.12 bits per heavy atom. The number of hydrazone groups is 1. The van der Waals surface area contributed by atoms with Gasteiger partial charge < -0.3 is 0 Å². The zero-order chi connectivity index (χ0) is 23.4. The van der Waals surface area contributed by atoms with E-state index in [0.29, 0.717) is 10.4 Å².